The summed E-state index contributed by atoms with van der Waals surface area (Å²) < 4.78 is 39.2. The monoisotopic (exact) mass is 284 g/mol. The summed E-state index contributed by atoms with van der Waals surface area (Å²) in [5.74, 6) is 0.230. The fourth-order valence-electron chi connectivity index (χ4n) is 1.88. The number of carbonyl (C=O) groups excluding carboxylic acids is 1. The summed E-state index contributed by atoms with van der Waals surface area (Å²) >= 11 is 0. The molecule has 1 aliphatic carbocycles. The predicted molar refractivity (Wildman–Crippen MR) is 62.6 cm³/mol. The molecule has 0 bridgehead atoms. The highest BCUT2D eigenvalue weighted by Gasteiger charge is 2.31. The van der Waals surface area contributed by atoms with Crippen molar-refractivity contribution >= 4 is 11.6 Å². The molecule has 2 aromatic heterocycles. The highest BCUT2D eigenvalue weighted by Crippen LogP contribution is 2.30. The molecular weight excluding hydrogens is 273 g/mol. The van der Waals surface area contributed by atoms with Crippen LogP contribution in [0.4, 0.5) is 13.2 Å². The van der Waals surface area contributed by atoms with Crippen LogP contribution in [0, 0.1) is 5.92 Å². The first-order valence-corrected chi connectivity index (χ1v) is 6.14. The van der Waals surface area contributed by atoms with Crippen molar-refractivity contribution in [3.63, 3.8) is 0 Å². The molecule has 2 aromatic rings. The molecule has 0 saturated heterocycles. The molecule has 5 nitrogen and oxygen atoms in total. The zero-order chi connectivity index (χ0) is 14.3. The lowest BCUT2D eigenvalue weighted by Crippen LogP contribution is -2.25. The van der Waals surface area contributed by atoms with E-state index in [0.717, 1.165) is 25.1 Å². The van der Waals surface area contributed by atoms with Crippen LogP contribution < -0.4 is 5.32 Å². The molecule has 0 aliphatic heterocycles. The molecule has 1 N–H and O–H groups in total. The molecule has 1 saturated carbocycles. The van der Waals surface area contributed by atoms with Gasteiger partial charge in [0.05, 0.1) is 12.1 Å². The summed E-state index contributed by atoms with van der Waals surface area (Å²) in [6, 6.07) is 2.21. The lowest BCUT2D eigenvalue weighted by molar-refractivity contribution is -0.137. The quantitative estimate of drug-likeness (QED) is 0.934. The van der Waals surface area contributed by atoms with Gasteiger partial charge in [0.25, 0.3) is 0 Å². The Bertz CT molecular complexity index is 660. The average Bonchev–Trinajstić information content (AvgIpc) is 3.16. The number of hydrogen-bond donors (Lipinski definition) is 1. The van der Waals surface area contributed by atoms with E-state index in [-0.39, 0.29) is 24.2 Å². The molecule has 3 rings (SSSR count). The maximum absolute atomic E-state index is 12.7. The highest BCUT2D eigenvalue weighted by molar-refractivity contribution is 5.80. The molecule has 8 heteroatoms. The Morgan fingerprint density at radius 3 is 2.75 bits per heavy atom. The number of nitrogens with zero attached hydrogens (tertiary/aromatic N) is 3. The number of hydrogen-bond acceptors (Lipinski definition) is 3. The van der Waals surface area contributed by atoms with Crippen LogP contribution in [-0.4, -0.2) is 20.5 Å². The van der Waals surface area contributed by atoms with Crippen LogP contribution in [0.15, 0.2) is 18.3 Å². The zero-order valence-corrected chi connectivity index (χ0v) is 10.3. The number of amides is 1. The van der Waals surface area contributed by atoms with Gasteiger partial charge in [0.2, 0.25) is 5.91 Å². The van der Waals surface area contributed by atoms with Crippen molar-refractivity contribution < 1.29 is 18.0 Å². The number of carbonyl (C=O) groups is 1. The van der Waals surface area contributed by atoms with Crippen molar-refractivity contribution in [3.8, 4) is 0 Å². The molecule has 0 spiro atoms. The van der Waals surface area contributed by atoms with Crippen LogP contribution in [0.2, 0.25) is 0 Å². The topological polar surface area (TPSA) is 59.3 Å². The van der Waals surface area contributed by atoms with Gasteiger partial charge in [-0.2, -0.15) is 13.2 Å². The number of nitrogens with one attached hydrogen (secondary N) is 1. The molecule has 1 fully saturated rings. The Morgan fingerprint density at radius 2 is 2.10 bits per heavy atom. The first-order chi connectivity index (χ1) is 9.45. The van der Waals surface area contributed by atoms with Gasteiger partial charge in [-0.25, -0.2) is 0 Å². The maximum Gasteiger partial charge on any atom is 0.417 e. The fourth-order valence-corrected chi connectivity index (χ4v) is 1.88. The van der Waals surface area contributed by atoms with Crippen LogP contribution in [-0.2, 0) is 17.5 Å². The normalized spacial score (nSPS) is 15.6. The molecular formula is C12H11F3N4O. The first kappa shape index (κ1) is 12.9. The lowest BCUT2D eigenvalue weighted by atomic mass is 10.3. The molecule has 0 unspecified atom stereocenters. The van der Waals surface area contributed by atoms with Gasteiger partial charge in [0.15, 0.2) is 11.5 Å². The van der Waals surface area contributed by atoms with E-state index in [1.165, 1.54) is 10.5 Å². The molecule has 2 heterocycles. The Labute approximate surface area is 111 Å². The molecule has 106 valence electrons. The molecule has 1 aliphatic rings. The molecule has 20 heavy (non-hydrogen) atoms. The van der Waals surface area contributed by atoms with Crippen LogP contribution in [0.1, 0.15) is 24.2 Å². The summed E-state index contributed by atoms with van der Waals surface area (Å²) in [4.78, 5) is 11.5. The Kier molecular flexibility index (Phi) is 2.88. The van der Waals surface area contributed by atoms with Crippen molar-refractivity contribution in [2.75, 3.05) is 0 Å². The number of aromatic nitrogens is 3. The summed E-state index contributed by atoms with van der Waals surface area (Å²) in [6.45, 7) is 0.0673. The van der Waals surface area contributed by atoms with E-state index in [0.29, 0.717) is 5.65 Å². The van der Waals surface area contributed by atoms with Crippen molar-refractivity contribution in [1.29, 1.82) is 0 Å². The number of halogens is 3. The maximum atomic E-state index is 12.7. The average molecular weight is 284 g/mol. The van der Waals surface area contributed by atoms with Gasteiger partial charge in [-0.3, -0.25) is 9.20 Å². The van der Waals surface area contributed by atoms with Crippen LogP contribution in [0.3, 0.4) is 0 Å². The van der Waals surface area contributed by atoms with Crippen LogP contribution >= 0.6 is 0 Å². The Balaban J connectivity index is 1.84. The standard InChI is InChI=1S/C12H11F3N4O/c13-12(14,15)8-3-4-9-17-18-10(19(9)6-8)5-16-11(20)7-1-2-7/h3-4,6-7H,1-2,5H2,(H,16,20). The smallest absolute Gasteiger partial charge is 0.349 e. The highest BCUT2D eigenvalue weighted by atomic mass is 19.4. The van der Waals surface area contributed by atoms with Gasteiger partial charge in [-0.1, -0.05) is 0 Å². The summed E-state index contributed by atoms with van der Waals surface area (Å²) in [5, 5.41) is 10.2. The number of pyridine rings is 1. The second-order valence-corrected chi connectivity index (χ2v) is 4.75. The number of fused-ring (bicyclic) bond motifs is 1. The van der Waals surface area contributed by atoms with Crippen molar-refractivity contribution in [2.24, 2.45) is 5.92 Å². The van der Waals surface area contributed by atoms with Gasteiger partial charge in [-0.15, -0.1) is 10.2 Å². The van der Waals surface area contributed by atoms with Gasteiger partial charge in [0, 0.05) is 12.1 Å². The lowest BCUT2D eigenvalue weighted by Gasteiger charge is -2.07. The van der Waals surface area contributed by atoms with Gasteiger partial charge >= 0.3 is 6.18 Å². The molecule has 0 radical (unpaired) electrons. The number of alkyl halides is 3. The second kappa shape index (κ2) is 4.46. The van der Waals surface area contributed by atoms with Crippen molar-refractivity contribution in [3.05, 3.63) is 29.7 Å². The zero-order valence-electron chi connectivity index (χ0n) is 10.3. The summed E-state index contributed by atoms with van der Waals surface area (Å²) in [7, 11) is 0. The van der Waals surface area contributed by atoms with Gasteiger partial charge in [0.1, 0.15) is 0 Å². The van der Waals surface area contributed by atoms with Crippen LogP contribution in [0.25, 0.3) is 5.65 Å². The minimum Gasteiger partial charge on any atom is -0.349 e. The third-order valence-corrected chi connectivity index (χ3v) is 3.17. The van der Waals surface area contributed by atoms with E-state index >= 15 is 0 Å². The van der Waals surface area contributed by atoms with E-state index in [2.05, 4.69) is 15.5 Å². The third-order valence-electron chi connectivity index (χ3n) is 3.17. The minimum atomic E-state index is -4.42. The summed E-state index contributed by atoms with van der Waals surface area (Å²) in [6.07, 6.45) is -1.75. The molecule has 0 aromatic carbocycles. The van der Waals surface area contributed by atoms with E-state index in [9.17, 15) is 18.0 Å². The fraction of sp³-hybridized carbons (Fsp3) is 0.417. The third kappa shape index (κ3) is 2.45. The van der Waals surface area contributed by atoms with Gasteiger partial charge < -0.3 is 5.32 Å². The molecule has 1 amide bonds. The van der Waals surface area contributed by atoms with E-state index < -0.39 is 11.7 Å². The summed E-state index contributed by atoms with van der Waals surface area (Å²) in [5.41, 5.74) is -0.465. The van der Waals surface area contributed by atoms with Crippen molar-refractivity contribution in [2.45, 2.75) is 25.6 Å². The Morgan fingerprint density at radius 1 is 1.35 bits per heavy atom. The van der Waals surface area contributed by atoms with E-state index in [1.54, 1.807) is 0 Å². The van der Waals surface area contributed by atoms with E-state index in [4.69, 9.17) is 0 Å². The van der Waals surface area contributed by atoms with Gasteiger partial charge in [-0.05, 0) is 25.0 Å². The van der Waals surface area contributed by atoms with E-state index in [1.807, 2.05) is 0 Å². The van der Waals surface area contributed by atoms with Crippen LogP contribution in [0.5, 0.6) is 0 Å². The van der Waals surface area contributed by atoms with Crippen molar-refractivity contribution in [1.82, 2.24) is 19.9 Å². The Hall–Kier alpha value is -2.12. The predicted octanol–water partition coefficient (Wildman–Crippen LogP) is 1.77. The first-order valence-electron chi connectivity index (χ1n) is 6.14. The molecule has 0 atom stereocenters. The second-order valence-electron chi connectivity index (χ2n) is 4.75. The minimum absolute atomic E-state index is 0.0416. The SMILES string of the molecule is O=C(NCc1nnc2ccc(C(F)(F)F)cn12)C1CC1. The number of rotatable bonds is 3. The largest absolute Gasteiger partial charge is 0.417 e.